The van der Waals surface area contributed by atoms with Gasteiger partial charge in [0.2, 0.25) is 11.8 Å². The second kappa shape index (κ2) is 8.26. The van der Waals surface area contributed by atoms with E-state index < -0.39 is 5.25 Å². The number of benzene rings is 2. The molecule has 1 aliphatic carbocycles. The minimum atomic E-state index is -0.430. The van der Waals surface area contributed by atoms with Crippen LogP contribution >= 0.6 is 11.8 Å². The smallest absolute Gasteiger partial charge is 0.242 e. The molecule has 1 atom stereocenters. The summed E-state index contributed by atoms with van der Waals surface area (Å²) in [6.07, 6.45) is 2.14. The van der Waals surface area contributed by atoms with E-state index in [0.29, 0.717) is 0 Å². The van der Waals surface area contributed by atoms with Gasteiger partial charge in [-0.2, -0.15) is 0 Å². The lowest BCUT2D eigenvalue weighted by Gasteiger charge is -2.15. The Morgan fingerprint density at radius 2 is 1.77 bits per heavy atom. The van der Waals surface area contributed by atoms with Crippen molar-refractivity contribution in [3.63, 3.8) is 0 Å². The van der Waals surface area contributed by atoms with E-state index >= 15 is 0 Å². The summed E-state index contributed by atoms with van der Waals surface area (Å²) >= 11 is 1.41. The fraction of sp³-hybridized carbons (Fsp3) is 0.375. The van der Waals surface area contributed by atoms with Crippen LogP contribution in [0.5, 0.6) is 0 Å². The Morgan fingerprint density at radius 3 is 2.40 bits per heavy atom. The minimum absolute atomic E-state index is 0.00130. The summed E-state index contributed by atoms with van der Waals surface area (Å²) in [5.41, 5.74) is 6.11. The number of carbonyl (C=O) groups is 2. The van der Waals surface area contributed by atoms with Crippen molar-refractivity contribution < 1.29 is 9.59 Å². The van der Waals surface area contributed by atoms with E-state index in [1.807, 2.05) is 62.9 Å². The molecule has 2 aliphatic rings. The number of carbonyl (C=O) groups excluding carboxylic acids is 2. The van der Waals surface area contributed by atoms with Gasteiger partial charge in [0.15, 0.2) is 5.17 Å². The van der Waals surface area contributed by atoms with Crippen LogP contribution in [0.4, 0.5) is 11.4 Å². The lowest BCUT2D eigenvalue weighted by atomic mass is 10.1. The highest BCUT2D eigenvalue weighted by Crippen LogP contribution is 2.39. The first-order valence-corrected chi connectivity index (χ1v) is 11.2. The van der Waals surface area contributed by atoms with Gasteiger partial charge in [0.05, 0.1) is 5.69 Å². The first-order chi connectivity index (χ1) is 14.3. The number of aliphatic imine (C=N–C) groups is 1. The topological polar surface area (TPSA) is 61.8 Å². The van der Waals surface area contributed by atoms with E-state index in [9.17, 15) is 9.59 Å². The summed E-state index contributed by atoms with van der Waals surface area (Å²) in [6, 6.07) is 12.3. The number of hydrogen-bond donors (Lipinski definition) is 1. The Kier molecular flexibility index (Phi) is 5.69. The van der Waals surface area contributed by atoms with Crippen molar-refractivity contribution in [2.24, 2.45) is 4.99 Å². The monoisotopic (exact) mass is 421 g/mol. The molecule has 0 radical (unpaired) electrons. The fourth-order valence-electron chi connectivity index (χ4n) is 3.81. The van der Waals surface area contributed by atoms with Gasteiger partial charge in [0.1, 0.15) is 5.25 Å². The molecule has 156 valence electrons. The largest absolute Gasteiger partial charge is 0.326 e. The van der Waals surface area contributed by atoms with Crippen LogP contribution in [0.15, 0.2) is 41.4 Å². The van der Waals surface area contributed by atoms with Gasteiger partial charge in [-0.25, -0.2) is 4.99 Å². The second-order valence-electron chi connectivity index (χ2n) is 8.36. The molecule has 1 N–H and O–H groups in total. The van der Waals surface area contributed by atoms with Crippen LogP contribution in [-0.2, 0) is 9.59 Å². The zero-order chi connectivity index (χ0) is 21.4. The lowest BCUT2D eigenvalue weighted by molar-refractivity contribution is -0.128. The molecule has 6 heteroatoms. The van der Waals surface area contributed by atoms with Gasteiger partial charge in [-0.05, 0) is 75.4 Å². The van der Waals surface area contributed by atoms with E-state index in [1.54, 1.807) is 0 Å². The molecule has 2 aromatic carbocycles. The van der Waals surface area contributed by atoms with Crippen LogP contribution < -0.4 is 5.32 Å². The summed E-state index contributed by atoms with van der Waals surface area (Å²) in [6.45, 7) is 8.09. The Hall–Kier alpha value is -2.60. The summed E-state index contributed by atoms with van der Waals surface area (Å²) in [7, 11) is 0. The van der Waals surface area contributed by atoms with E-state index in [4.69, 9.17) is 4.99 Å². The van der Waals surface area contributed by atoms with E-state index in [1.165, 1.54) is 11.8 Å². The highest BCUT2D eigenvalue weighted by atomic mass is 32.2. The molecule has 30 heavy (non-hydrogen) atoms. The maximum absolute atomic E-state index is 13.1. The number of aryl methyl sites for hydroxylation is 4. The molecule has 1 heterocycles. The molecule has 4 rings (SSSR count). The van der Waals surface area contributed by atoms with Gasteiger partial charge in [-0.3, -0.25) is 14.5 Å². The third kappa shape index (κ3) is 4.59. The molecular weight excluding hydrogens is 394 g/mol. The van der Waals surface area contributed by atoms with Gasteiger partial charge in [0, 0.05) is 18.2 Å². The Morgan fingerprint density at radius 1 is 1.07 bits per heavy atom. The third-order valence-electron chi connectivity index (χ3n) is 5.34. The number of anilines is 1. The maximum Gasteiger partial charge on any atom is 0.242 e. The zero-order valence-electron chi connectivity index (χ0n) is 17.9. The molecule has 0 bridgehead atoms. The second-order valence-corrected chi connectivity index (χ2v) is 9.53. The maximum atomic E-state index is 13.1. The van der Waals surface area contributed by atoms with Crippen molar-refractivity contribution >= 4 is 40.1 Å². The number of thioether (sulfide) groups is 1. The van der Waals surface area contributed by atoms with E-state index in [0.717, 1.165) is 51.6 Å². The SMILES string of the molecule is Cc1cc(C)cc(N=C2S[C@H](CC(=O)Nc3ccc(C)cc3C)C(=O)N2C2CC2)c1. The molecule has 2 amide bonds. The fourth-order valence-corrected chi connectivity index (χ4v) is 5.03. The van der Waals surface area contributed by atoms with Crippen molar-refractivity contribution in [2.45, 2.75) is 58.2 Å². The van der Waals surface area contributed by atoms with Crippen LogP contribution in [0.25, 0.3) is 0 Å². The van der Waals surface area contributed by atoms with Crippen LogP contribution in [0.2, 0.25) is 0 Å². The van der Waals surface area contributed by atoms with Crippen molar-refractivity contribution in [2.75, 3.05) is 5.32 Å². The number of rotatable bonds is 5. The molecule has 0 unspecified atom stereocenters. The van der Waals surface area contributed by atoms with E-state index in [2.05, 4.69) is 11.4 Å². The van der Waals surface area contributed by atoms with Crippen molar-refractivity contribution in [1.29, 1.82) is 0 Å². The standard InChI is InChI=1S/C24H27N3O2S/c1-14-5-8-20(17(4)10-14)26-22(28)13-21-23(29)27(19-6-7-19)24(30-21)25-18-11-15(2)9-16(3)12-18/h5,8-12,19,21H,6-7,13H2,1-4H3,(H,26,28)/t21-/m1/s1. The Labute approximate surface area is 182 Å². The minimum Gasteiger partial charge on any atom is -0.326 e. The number of amidine groups is 1. The molecule has 1 saturated heterocycles. The molecule has 2 aromatic rings. The Balaban J connectivity index is 1.51. The van der Waals surface area contributed by atoms with E-state index in [-0.39, 0.29) is 24.3 Å². The lowest BCUT2D eigenvalue weighted by Crippen LogP contribution is -2.35. The van der Waals surface area contributed by atoms with Crippen LogP contribution in [0.3, 0.4) is 0 Å². The highest BCUT2D eigenvalue weighted by Gasteiger charge is 2.46. The van der Waals surface area contributed by atoms with Gasteiger partial charge >= 0.3 is 0 Å². The summed E-state index contributed by atoms with van der Waals surface area (Å²) < 4.78 is 0. The molecule has 2 fully saturated rings. The average Bonchev–Trinajstić information content (AvgIpc) is 3.43. The molecule has 0 spiro atoms. The zero-order valence-corrected chi connectivity index (χ0v) is 18.7. The van der Waals surface area contributed by atoms with Crippen molar-refractivity contribution in [3.8, 4) is 0 Å². The van der Waals surface area contributed by atoms with Crippen LogP contribution in [0.1, 0.15) is 41.5 Å². The highest BCUT2D eigenvalue weighted by molar-refractivity contribution is 8.15. The van der Waals surface area contributed by atoms with Crippen LogP contribution in [-0.4, -0.2) is 33.2 Å². The first-order valence-electron chi connectivity index (χ1n) is 10.3. The first kappa shape index (κ1) is 20.7. The summed E-state index contributed by atoms with van der Waals surface area (Å²) in [5, 5.41) is 3.25. The average molecular weight is 422 g/mol. The molecule has 5 nitrogen and oxygen atoms in total. The van der Waals surface area contributed by atoms with Crippen molar-refractivity contribution in [3.05, 3.63) is 58.7 Å². The van der Waals surface area contributed by atoms with Crippen molar-refractivity contribution in [1.82, 2.24) is 4.90 Å². The van der Waals surface area contributed by atoms with Gasteiger partial charge < -0.3 is 5.32 Å². The number of amides is 2. The van der Waals surface area contributed by atoms with Crippen LogP contribution in [0, 0.1) is 27.7 Å². The Bertz CT molecular complexity index is 1020. The number of nitrogens with zero attached hydrogens (tertiary/aromatic N) is 2. The molecular formula is C24H27N3O2S. The third-order valence-corrected chi connectivity index (χ3v) is 6.49. The predicted molar refractivity (Wildman–Crippen MR) is 123 cm³/mol. The summed E-state index contributed by atoms with van der Waals surface area (Å²) in [4.78, 5) is 32.3. The predicted octanol–water partition coefficient (Wildman–Crippen LogP) is 5.04. The number of hydrogen-bond acceptors (Lipinski definition) is 4. The van der Waals surface area contributed by atoms with Gasteiger partial charge in [-0.1, -0.05) is 35.5 Å². The van der Waals surface area contributed by atoms with Gasteiger partial charge in [0.25, 0.3) is 0 Å². The normalized spacial score (nSPS) is 20.1. The molecule has 0 aromatic heterocycles. The number of nitrogens with one attached hydrogen (secondary N) is 1. The summed E-state index contributed by atoms with van der Waals surface area (Å²) in [5.74, 6) is -0.141. The quantitative estimate of drug-likeness (QED) is 0.735. The van der Waals surface area contributed by atoms with Gasteiger partial charge in [-0.15, -0.1) is 0 Å². The molecule has 1 aliphatic heterocycles. The molecule has 1 saturated carbocycles.